The van der Waals surface area contributed by atoms with E-state index in [1.807, 2.05) is 7.05 Å². The van der Waals surface area contributed by atoms with Gasteiger partial charge in [0.05, 0.1) is 18.2 Å². The molecular formula is C20H20FN5O4. The molecule has 1 aromatic rings. The Kier molecular flexibility index (Phi) is 5.08. The largest absolute Gasteiger partial charge is 0.465 e. The number of aromatic amines is 1. The lowest BCUT2D eigenvalue weighted by Gasteiger charge is -2.32. The Morgan fingerprint density at radius 1 is 1.13 bits per heavy atom. The van der Waals surface area contributed by atoms with Crippen molar-refractivity contribution in [2.24, 2.45) is 0 Å². The molecule has 3 heterocycles. The second-order valence-corrected chi connectivity index (χ2v) is 7.15. The fourth-order valence-corrected chi connectivity index (χ4v) is 3.46. The third-order valence-corrected chi connectivity index (χ3v) is 5.23. The van der Waals surface area contributed by atoms with Crippen molar-refractivity contribution in [1.29, 1.82) is 0 Å². The van der Waals surface area contributed by atoms with Crippen molar-refractivity contribution < 1.29 is 18.7 Å². The standard InChI is InChI=1S/C20H20FN5O4/c1-24-5-7-25(8-6-24)19(28)13-9-12(3-4-16(13)21)26-10-14-17(22-23-18(14)27)15(11-26)20(29)30-2/h3-4,9-11H,5-8H2,1-2H3,(H,23,27). The SMILES string of the molecule is COC(=O)c1cn(-c2ccc(F)c(C(=O)N3CCN(C)CC3)c2)cc2c(=O)[nH]nc1-2. The third-order valence-electron chi connectivity index (χ3n) is 5.23. The van der Waals surface area contributed by atoms with Gasteiger partial charge in [0.2, 0.25) is 0 Å². The van der Waals surface area contributed by atoms with Crippen molar-refractivity contribution >= 4 is 11.9 Å². The van der Waals surface area contributed by atoms with Crippen LogP contribution in [0.2, 0.25) is 0 Å². The number of hydrogen-bond acceptors (Lipinski definition) is 6. The highest BCUT2D eigenvalue weighted by molar-refractivity contribution is 5.97. The Bertz CT molecular complexity index is 1150. The smallest absolute Gasteiger partial charge is 0.341 e. The molecule has 0 bridgehead atoms. The number of aromatic nitrogens is 3. The molecule has 0 aromatic heterocycles. The summed E-state index contributed by atoms with van der Waals surface area (Å²) in [5, 5.41) is 6.18. The minimum atomic E-state index is -0.670. The molecule has 0 unspecified atom stereocenters. The number of likely N-dealkylation sites (N-methyl/N-ethyl adjacent to an activating group) is 1. The number of carbonyl (C=O) groups is 2. The number of amides is 1. The molecule has 0 radical (unpaired) electrons. The molecular weight excluding hydrogens is 393 g/mol. The highest BCUT2D eigenvalue weighted by Crippen LogP contribution is 2.24. The van der Waals surface area contributed by atoms with Gasteiger partial charge in [0.15, 0.2) is 0 Å². The molecule has 30 heavy (non-hydrogen) atoms. The lowest BCUT2D eigenvalue weighted by Crippen LogP contribution is -2.47. The second-order valence-electron chi connectivity index (χ2n) is 7.15. The first kappa shape index (κ1) is 19.8. The van der Waals surface area contributed by atoms with Gasteiger partial charge in [-0.1, -0.05) is 0 Å². The summed E-state index contributed by atoms with van der Waals surface area (Å²) in [5.74, 6) is -1.70. The van der Waals surface area contributed by atoms with Gasteiger partial charge in [0.1, 0.15) is 17.1 Å². The normalized spacial score (nSPS) is 14.8. The summed E-state index contributed by atoms with van der Waals surface area (Å²) in [7, 11) is 3.19. The molecule has 10 heteroatoms. The number of benzene rings is 1. The molecule has 1 aromatic carbocycles. The Balaban J connectivity index is 1.77. The first-order valence-electron chi connectivity index (χ1n) is 9.35. The van der Waals surface area contributed by atoms with Gasteiger partial charge in [0.25, 0.3) is 11.5 Å². The molecule has 0 spiro atoms. The van der Waals surface area contributed by atoms with E-state index in [9.17, 15) is 18.8 Å². The van der Waals surface area contributed by atoms with Crippen molar-refractivity contribution in [3.05, 3.63) is 57.9 Å². The number of piperazine rings is 1. The van der Waals surface area contributed by atoms with Gasteiger partial charge in [-0.3, -0.25) is 9.59 Å². The zero-order chi connectivity index (χ0) is 21.4. The molecule has 1 N–H and O–H groups in total. The number of nitrogens with one attached hydrogen (secondary N) is 1. The number of pyridine rings is 1. The lowest BCUT2D eigenvalue weighted by molar-refractivity contribution is 0.0599. The summed E-state index contributed by atoms with van der Waals surface area (Å²) in [6.45, 7) is 2.46. The number of carbonyl (C=O) groups excluding carboxylic acids is 2. The molecule has 0 saturated carbocycles. The van der Waals surface area contributed by atoms with E-state index in [0.717, 1.165) is 0 Å². The van der Waals surface area contributed by atoms with Crippen LogP contribution in [0.15, 0.2) is 35.4 Å². The Morgan fingerprint density at radius 3 is 2.57 bits per heavy atom. The molecule has 0 aliphatic carbocycles. The van der Waals surface area contributed by atoms with Gasteiger partial charge < -0.3 is 19.1 Å². The van der Waals surface area contributed by atoms with Crippen LogP contribution in [0.3, 0.4) is 0 Å². The summed E-state index contributed by atoms with van der Waals surface area (Å²) >= 11 is 0. The molecule has 3 aliphatic rings. The minimum Gasteiger partial charge on any atom is -0.465 e. The van der Waals surface area contributed by atoms with Crippen molar-refractivity contribution in [1.82, 2.24) is 24.6 Å². The van der Waals surface area contributed by atoms with E-state index < -0.39 is 23.3 Å². The molecule has 156 valence electrons. The van der Waals surface area contributed by atoms with Crippen LogP contribution in [-0.2, 0) is 4.74 Å². The number of methoxy groups -OCH3 is 1. The lowest BCUT2D eigenvalue weighted by atomic mass is 10.1. The maximum atomic E-state index is 14.5. The van der Waals surface area contributed by atoms with Gasteiger partial charge in [-0.2, -0.15) is 5.10 Å². The summed E-state index contributed by atoms with van der Waals surface area (Å²) in [5.41, 5.74) is 0.304. The number of esters is 1. The zero-order valence-corrected chi connectivity index (χ0v) is 16.5. The minimum absolute atomic E-state index is 0.0705. The number of nitrogens with zero attached hydrogens (tertiary/aromatic N) is 4. The van der Waals surface area contributed by atoms with Crippen LogP contribution in [0.25, 0.3) is 16.9 Å². The maximum Gasteiger partial charge on any atom is 0.341 e. The quantitative estimate of drug-likeness (QED) is 0.643. The van der Waals surface area contributed by atoms with E-state index >= 15 is 0 Å². The van der Waals surface area contributed by atoms with E-state index in [2.05, 4.69) is 15.1 Å². The van der Waals surface area contributed by atoms with Crippen LogP contribution in [-0.4, -0.2) is 76.8 Å². The van der Waals surface area contributed by atoms with Gasteiger partial charge >= 0.3 is 5.97 Å². The first-order valence-corrected chi connectivity index (χ1v) is 9.35. The average Bonchev–Trinajstić information content (AvgIpc) is 3.13. The highest BCUT2D eigenvalue weighted by atomic mass is 19.1. The van der Waals surface area contributed by atoms with E-state index in [1.165, 1.54) is 42.3 Å². The Morgan fingerprint density at radius 2 is 1.87 bits per heavy atom. The molecule has 1 fully saturated rings. The summed E-state index contributed by atoms with van der Waals surface area (Å²) in [4.78, 5) is 40.8. The molecule has 1 saturated heterocycles. The second kappa shape index (κ2) is 7.71. The maximum absolute atomic E-state index is 14.5. The summed E-state index contributed by atoms with van der Waals surface area (Å²) < 4.78 is 20.7. The molecule has 1 amide bonds. The van der Waals surface area contributed by atoms with Crippen LogP contribution < -0.4 is 5.56 Å². The van der Waals surface area contributed by atoms with Crippen molar-refractivity contribution in [2.45, 2.75) is 0 Å². The van der Waals surface area contributed by atoms with Gasteiger partial charge in [-0.15, -0.1) is 0 Å². The molecule has 4 rings (SSSR count). The van der Waals surface area contributed by atoms with E-state index in [4.69, 9.17) is 4.74 Å². The van der Waals surface area contributed by atoms with Crippen LogP contribution in [0.4, 0.5) is 4.39 Å². The van der Waals surface area contributed by atoms with Crippen LogP contribution in [0, 0.1) is 5.82 Å². The van der Waals surface area contributed by atoms with Crippen LogP contribution in [0.5, 0.6) is 0 Å². The molecule has 9 nitrogen and oxygen atoms in total. The van der Waals surface area contributed by atoms with Gasteiger partial charge in [-0.05, 0) is 25.2 Å². The van der Waals surface area contributed by atoms with Gasteiger partial charge in [-0.25, -0.2) is 14.3 Å². The number of H-pyrrole nitrogens is 1. The number of rotatable bonds is 3. The Hall–Kier alpha value is -3.53. The number of halogens is 1. The zero-order valence-electron chi connectivity index (χ0n) is 16.5. The number of hydrogen-bond donors (Lipinski definition) is 1. The highest BCUT2D eigenvalue weighted by Gasteiger charge is 2.25. The van der Waals surface area contributed by atoms with E-state index in [-0.39, 0.29) is 22.4 Å². The predicted octanol–water partition coefficient (Wildman–Crippen LogP) is 0.979. The topological polar surface area (TPSA) is 101 Å². The fourth-order valence-electron chi connectivity index (χ4n) is 3.46. The van der Waals surface area contributed by atoms with Crippen LogP contribution >= 0.6 is 0 Å². The Labute approximate surface area is 171 Å². The van der Waals surface area contributed by atoms with Crippen molar-refractivity contribution in [2.75, 3.05) is 40.3 Å². The van der Waals surface area contributed by atoms with E-state index in [1.54, 1.807) is 4.90 Å². The van der Waals surface area contributed by atoms with Crippen LogP contribution in [0.1, 0.15) is 20.7 Å². The first-order chi connectivity index (χ1) is 14.4. The van der Waals surface area contributed by atoms with Crippen molar-refractivity contribution in [3.63, 3.8) is 0 Å². The summed E-state index contributed by atoms with van der Waals surface area (Å²) in [6.07, 6.45) is 2.91. The third kappa shape index (κ3) is 3.45. The van der Waals surface area contributed by atoms with Crippen molar-refractivity contribution in [3.8, 4) is 16.9 Å². The molecule has 0 atom stereocenters. The summed E-state index contributed by atoms with van der Waals surface area (Å²) in [6, 6.07) is 4.07. The fraction of sp³-hybridized carbons (Fsp3) is 0.300. The number of fused-ring (bicyclic) bond motifs is 1. The van der Waals surface area contributed by atoms with E-state index in [0.29, 0.717) is 31.9 Å². The monoisotopic (exact) mass is 413 g/mol. The molecule has 3 aliphatic heterocycles. The predicted molar refractivity (Wildman–Crippen MR) is 106 cm³/mol. The van der Waals surface area contributed by atoms with Gasteiger partial charge in [0, 0.05) is 44.3 Å². The number of ether oxygens (including phenoxy) is 1. The average molecular weight is 413 g/mol.